The van der Waals surface area contributed by atoms with Gasteiger partial charge in [0, 0.05) is 12.1 Å². The molecule has 0 aromatic heterocycles. The van der Waals surface area contributed by atoms with E-state index in [9.17, 15) is 0 Å². The van der Waals surface area contributed by atoms with Crippen LogP contribution in [0.15, 0.2) is 0 Å². The van der Waals surface area contributed by atoms with E-state index >= 15 is 0 Å². The molecule has 0 saturated heterocycles. The van der Waals surface area contributed by atoms with Crippen LogP contribution in [0.2, 0.25) is 0 Å². The van der Waals surface area contributed by atoms with Crippen molar-refractivity contribution in [3.8, 4) is 0 Å². The molecule has 1 N–H and O–H groups in total. The van der Waals surface area contributed by atoms with Gasteiger partial charge in [-0.05, 0) is 32.2 Å². The Morgan fingerprint density at radius 3 is 2.08 bits per heavy atom. The number of hydrogen-bond acceptors (Lipinski definition) is 2. The van der Waals surface area contributed by atoms with Gasteiger partial charge in [0.2, 0.25) is 0 Å². The Hall–Kier alpha value is -0.0800. The van der Waals surface area contributed by atoms with E-state index in [0.29, 0.717) is 6.04 Å². The lowest BCUT2D eigenvalue weighted by Gasteiger charge is -2.31. The van der Waals surface area contributed by atoms with Gasteiger partial charge < -0.3 is 0 Å². The molecule has 0 unspecified atom stereocenters. The zero-order valence-corrected chi connectivity index (χ0v) is 8.96. The van der Waals surface area contributed by atoms with E-state index in [-0.39, 0.29) is 0 Å². The molecule has 3 atom stereocenters. The topological polar surface area (TPSA) is 15.3 Å². The quantitative estimate of drug-likeness (QED) is 0.648. The number of nitrogens with one attached hydrogen (secondary N) is 1. The smallest absolute Gasteiger partial charge is 0.0275 e. The summed E-state index contributed by atoms with van der Waals surface area (Å²) in [5, 5.41) is 2.41. The van der Waals surface area contributed by atoms with E-state index in [1.165, 1.54) is 6.42 Å². The van der Waals surface area contributed by atoms with E-state index < -0.39 is 0 Å². The van der Waals surface area contributed by atoms with E-state index in [0.717, 1.165) is 17.9 Å². The summed E-state index contributed by atoms with van der Waals surface area (Å²) in [6.45, 7) is 9.18. The Kier molecular flexibility index (Phi) is 3.13. The van der Waals surface area contributed by atoms with Crippen molar-refractivity contribution >= 4 is 0 Å². The zero-order valence-electron chi connectivity index (χ0n) is 8.96. The maximum absolute atomic E-state index is 3.31. The number of hydrazine groups is 1. The molecule has 0 aromatic carbocycles. The third-order valence-electron chi connectivity index (χ3n) is 3.09. The van der Waals surface area contributed by atoms with Crippen LogP contribution in [0.5, 0.6) is 0 Å². The molecule has 72 valence electrons. The molecule has 2 heteroatoms. The second-order valence-electron chi connectivity index (χ2n) is 4.40. The summed E-state index contributed by atoms with van der Waals surface area (Å²) in [6.07, 6.45) is 1.36. The fraction of sp³-hybridized carbons (Fsp3) is 1.00. The van der Waals surface area contributed by atoms with Gasteiger partial charge in [-0.1, -0.05) is 20.8 Å². The molecule has 1 fully saturated rings. The lowest BCUT2D eigenvalue weighted by atomic mass is 10.1. The molecule has 1 saturated carbocycles. The van der Waals surface area contributed by atoms with E-state index in [2.05, 4.69) is 38.1 Å². The first kappa shape index (κ1) is 10.0. The van der Waals surface area contributed by atoms with Gasteiger partial charge in [-0.25, -0.2) is 5.01 Å². The summed E-state index contributed by atoms with van der Waals surface area (Å²) in [5.41, 5.74) is 3.31. The second kappa shape index (κ2) is 3.75. The molecule has 0 radical (unpaired) electrons. The molecule has 0 spiro atoms. The highest BCUT2D eigenvalue weighted by molar-refractivity contribution is 4.92. The van der Waals surface area contributed by atoms with Crippen molar-refractivity contribution in [2.75, 3.05) is 7.05 Å². The molecule has 1 aliphatic rings. The number of nitrogens with zero attached hydrogens (tertiary/aromatic N) is 1. The number of rotatable bonds is 4. The molecule has 0 amide bonds. The SMILES string of the molecule is CNN([C@@H]1C[C@@H]1C)[C@@H](C)C(C)C. The van der Waals surface area contributed by atoms with Gasteiger partial charge in [0.25, 0.3) is 0 Å². The Labute approximate surface area is 76.3 Å². The van der Waals surface area contributed by atoms with Gasteiger partial charge in [-0.15, -0.1) is 0 Å². The molecule has 1 rings (SSSR count). The Morgan fingerprint density at radius 1 is 1.33 bits per heavy atom. The van der Waals surface area contributed by atoms with Crippen LogP contribution >= 0.6 is 0 Å². The molecule has 0 aliphatic heterocycles. The molecular weight excluding hydrogens is 148 g/mol. The first-order chi connectivity index (χ1) is 5.57. The third kappa shape index (κ3) is 1.99. The second-order valence-corrected chi connectivity index (χ2v) is 4.40. The lowest BCUT2D eigenvalue weighted by molar-refractivity contribution is 0.101. The summed E-state index contributed by atoms with van der Waals surface area (Å²) in [4.78, 5) is 0. The summed E-state index contributed by atoms with van der Waals surface area (Å²) in [6, 6.07) is 1.43. The summed E-state index contributed by atoms with van der Waals surface area (Å²) < 4.78 is 0. The first-order valence-electron chi connectivity index (χ1n) is 5.03. The van der Waals surface area contributed by atoms with Gasteiger partial charge in [0.05, 0.1) is 0 Å². The molecule has 0 bridgehead atoms. The highest BCUT2D eigenvalue weighted by atomic mass is 15.5. The van der Waals surface area contributed by atoms with Crippen molar-refractivity contribution in [2.45, 2.75) is 46.2 Å². The third-order valence-corrected chi connectivity index (χ3v) is 3.09. The average Bonchev–Trinajstić information content (AvgIpc) is 2.68. The van der Waals surface area contributed by atoms with Crippen molar-refractivity contribution in [3.05, 3.63) is 0 Å². The number of hydrogen-bond donors (Lipinski definition) is 1. The van der Waals surface area contributed by atoms with Crippen molar-refractivity contribution < 1.29 is 0 Å². The van der Waals surface area contributed by atoms with Crippen molar-refractivity contribution in [2.24, 2.45) is 11.8 Å². The van der Waals surface area contributed by atoms with Gasteiger partial charge >= 0.3 is 0 Å². The van der Waals surface area contributed by atoms with Crippen LogP contribution < -0.4 is 5.43 Å². The van der Waals surface area contributed by atoms with Crippen molar-refractivity contribution in [1.29, 1.82) is 0 Å². The van der Waals surface area contributed by atoms with Gasteiger partial charge in [0.15, 0.2) is 0 Å². The summed E-state index contributed by atoms with van der Waals surface area (Å²) in [7, 11) is 2.03. The predicted octanol–water partition coefficient (Wildman–Crippen LogP) is 1.88. The van der Waals surface area contributed by atoms with Crippen LogP contribution in [0.25, 0.3) is 0 Å². The van der Waals surface area contributed by atoms with E-state index in [4.69, 9.17) is 0 Å². The van der Waals surface area contributed by atoms with Crippen LogP contribution in [0.4, 0.5) is 0 Å². The molecule has 1 aliphatic carbocycles. The van der Waals surface area contributed by atoms with E-state index in [1.54, 1.807) is 0 Å². The van der Waals surface area contributed by atoms with Gasteiger partial charge in [0.1, 0.15) is 0 Å². The van der Waals surface area contributed by atoms with Crippen LogP contribution in [-0.2, 0) is 0 Å². The van der Waals surface area contributed by atoms with Gasteiger partial charge in [-0.3, -0.25) is 5.43 Å². The highest BCUT2D eigenvalue weighted by Crippen LogP contribution is 2.35. The van der Waals surface area contributed by atoms with Crippen molar-refractivity contribution in [1.82, 2.24) is 10.4 Å². The molecule has 0 aromatic rings. The minimum atomic E-state index is 0.643. The molecular formula is C10H22N2. The monoisotopic (exact) mass is 170 g/mol. The van der Waals surface area contributed by atoms with E-state index in [1.807, 2.05) is 7.05 Å². The maximum atomic E-state index is 3.31. The Bertz CT molecular complexity index is 145. The highest BCUT2D eigenvalue weighted by Gasteiger charge is 2.40. The fourth-order valence-corrected chi connectivity index (χ4v) is 1.68. The minimum absolute atomic E-state index is 0.643. The largest absolute Gasteiger partial charge is 0.258 e. The van der Waals surface area contributed by atoms with Crippen LogP contribution in [0, 0.1) is 11.8 Å². The average molecular weight is 170 g/mol. The van der Waals surface area contributed by atoms with Crippen LogP contribution in [-0.4, -0.2) is 24.1 Å². The maximum Gasteiger partial charge on any atom is 0.0275 e. The van der Waals surface area contributed by atoms with Gasteiger partial charge in [-0.2, -0.15) is 0 Å². The zero-order chi connectivity index (χ0) is 9.30. The standard InChI is InChI=1S/C10H22N2/c1-7(2)9(4)12(11-5)10-6-8(10)3/h7-11H,6H2,1-5H3/t8-,9-,10+/m0/s1. The summed E-state index contributed by atoms with van der Waals surface area (Å²) in [5.74, 6) is 1.61. The summed E-state index contributed by atoms with van der Waals surface area (Å²) >= 11 is 0. The molecule has 0 heterocycles. The predicted molar refractivity (Wildman–Crippen MR) is 52.8 cm³/mol. The normalized spacial score (nSPS) is 31.2. The first-order valence-corrected chi connectivity index (χ1v) is 5.03. The molecule has 2 nitrogen and oxygen atoms in total. The van der Waals surface area contributed by atoms with Crippen LogP contribution in [0.3, 0.4) is 0 Å². The lowest BCUT2D eigenvalue weighted by Crippen LogP contribution is -2.46. The Morgan fingerprint density at radius 2 is 1.83 bits per heavy atom. The molecule has 12 heavy (non-hydrogen) atoms. The van der Waals surface area contributed by atoms with Crippen LogP contribution in [0.1, 0.15) is 34.1 Å². The fourth-order valence-electron chi connectivity index (χ4n) is 1.68. The van der Waals surface area contributed by atoms with Crippen molar-refractivity contribution in [3.63, 3.8) is 0 Å². The Balaban J connectivity index is 2.44. The minimum Gasteiger partial charge on any atom is -0.258 e.